The highest BCUT2D eigenvalue weighted by Gasteiger charge is 2.39. The van der Waals surface area contributed by atoms with Gasteiger partial charge in [0.1, 0.15) is 0 Å². The predicted octanol–water partition coefficient (Wildman–Crippen LogP) is 10.4. The summed E-state index contributed by atoms with van der Waals surface area (Å²) in [4.78, 5) is 11.9. The first-order valence-corrected chi connectivity index (χ1v) is 15.5. The van der Waals surface area contributed by atoms with Gasteiger partial charge in [-0.3, -0.25) is 4.57 Å². The van der Waals surface area contributed by atoms with Crippen LogP contribution in [0, 0.1) is 0 Å². The molecule has 0 radical (unpaired) electrons. The molecule has 0 unspecified atom stereocenters. The normalized spacial score (nSPS) is 13.5. The number of hydrogen-bond acceptors (Lipinski definition) is 3. The van der Waals surface area contributed by atoms with Gasteiger partial charge in [0.25, 0.3) is 0 Å². The SMILES string of the molecule is CC1(C)c2ccccc2-c2sc3c(ccc4c5ccccc5n(-c5nc(-c6ccccc6)cc(-c6ccccc6)n5)c43)c21. The second-order valence-electron chi connectivity index (χ2n) is 11.8. The third-order valence-electron chi connectivity index (χ3n) is 9.01. The quantitative estimate of drug-likeness (QED) is 0.212. The lowest BCUT2D eigenvalue weighted by molar-refractivity contribution is 0.667. The summed E-state index contributed by atoms with van der Waals surface area (Å²) >= 11 is 1.91. The monoisotopic (exact) mass is 569 g/mol. The molecule has 0 amide bonds. The summed E-state index contributed by atoms with van der Waals surface area (Å²) in [5.74, 6) is 0.687. The molecule has 43 heavy (non-hydrogen) atoms. The first-order chi connectivity index (χ1) is 21.1. The zero-order valence-electron chi connectivity index (χ0n) is 23.9. The van der Waals surface area contributed by atoms with Crippen LogP contribution in [0.5, 0.6) is 0 Å². The van der Waals surface area contributed by atoms with Gasteiger partial charge in [-0.2, -0.15) is 0 Å². The van der Waals surface area contributed by atoms with Crippen LogP contribution in [0.2, 0.25) is 0 Å². The third kappa shape index (κ3) is 3.47. The van der Waals surface area contributed by atoms with Crippen molar-refractivity contribution in [3.8, 4) is 38.9 Å². The lowest BCUT2D eigenvalue weighted by Crippen LogP contribution is -2.14. The Morgan fingerprint density at radius 1 is 0.605 bits per heavy atom. The molecular formula is C39H27N3S. The molecule has 0 fully saturated rings. The molecule has 0 N–H and O–H groups in total. The summed E-state index contributed by atoms with van der Waals surface area (Å²) in [6.45, 7) is 4.73. The number of thiophene rings is 1. The molecule has 0 saturated carbocycles. The Balaban J connectivity index is 1.41. The van der Waals surface area contributed by atoms with Crippen molar-refractivity contribution < 1.29 is 0 Å². The maximum Gasteiger partial charge on any atom is 0.235 e. The number of benzene rings is 5. The van der Waals surface area contributed by atoms with Gasteiger partial charge in [-0.15, -0.1) is 11.3 Å². The van der Waals surface area contributed by atoms with E-state index in [-0.39, 0.29) is 5.41 Å². The van der Waals surface area contributed by atoms with E-state index in [9.17, 15) is 0 Å². The fourth-order valence-corrected chi connectivity index (χ4v) is 8.57. The fourth-order valence-electron chi connectivity index (χ4n) is 7.03. The summed E-state index contributed by atoms with van der Waals surface area (Å²) in [5, 5.41) is 3.76. The van der Waals surface area contributed by atoms with Crippen LogP contribution >= 0.6 is 11.3 Å². The van der Waals surface area contributed by atoms with E-state index in [2.05, 4.69) is 134 Å². The van der Waals surface area contributed by atoms with Gasteiger partial charge in [0, 0.05) is 32.2 Å². The number of aromatic nitrogens is 3. The molecule has 0 saturated heterocycles. The maximum absolute atomic E-state index is 5.26. The van der Waals surface area contributed by atoms with Crippen molar-refractivity contribution in [2.24, 2.45) is 0 Å². The van der Waals surface area contributed by atoms with Crippen molar-refractivity contribution in [1.29, 1.82) is 0 Å². The van der Waals surface area contributed by atoms with Gasteiger partial charge in [-0.25, -0.2) is 9.97 Å². The largest absolute Gasteiger partial charge is 0.276 e. The van der Waals surface area contributed by atoms with Gasteiger partial charge in [0.2, 0.25) is 5.95 Å². The van der Waals surface area contributed by atoms with Crippen molar-refractivity contribution in [2.45, 2.75) is 19.3 Å². The number of para-hydroxylation sites is 1. The minimum absolute atomic E-state index is 0.0705. The molecule has 3 aromatic heterocycles. The Bertz CT molecular complexity index is 2300. The highest BCUT2D eigenvalue weighted by atomic mass is 32.1. The van der Waals surface area contributed by atoms with E-state index in [0.717, 1.165) is 28.0 Å². The van der Waals surface area contributed by atoms with Crippen LogP contribution in [0.25, 0.3) is 70.8 Å². The Labute approximate surface area is 253 Å². The van der Waals surface area contributed by atoms with Gasteiger partial charge in [-0.05, 0) is 34.2 Å². The van der Waals surface area contributed by atoms with Crippen molar-refractivity contribution in [2.75, 3.05) is 0 Å². The molecule has 8 aromatic rings. The Kier molecular flexibility index (Phi) is 5.12. The van der Waals surface area contributed by atoms with Crippen LogP contribution < -0.4 is 0 Å². The molecule has 4 heteroatoms. The number of fused-ring (bicyclic) bond motifs is 9. The van der Waals surface area contributed by atoms with Crippen LogP contribution in [0.4, 0.5) is 0 Å². The standard InChI is InChI=1S/C39H27N3S/c1-39(2)30-19-11-9-18-28(30)36-34(39)29-22-21-27-26-17-10-12-20-33(26)42(35(27)37(29)43-36)38-40-31(24-13-5-3-6-14-24)23-32(41-38)25-15-7-4-8-16-25/h3-23H,1-2H3. The zero-order chi connectivity index (χ0) is 28.7. The van der Waals surface area contributed by atoms with Crippen LogP contribution in [0.3, 0.4) is 0 Å². The Hall–Kier alpha value is -5.06. The van der Waals surface area contributed by atoms with Gasteiger partial charge in [0.05, 0.1) is 27.1 Å². The number of rotatable bonds is 3. The molecule has 1 aliphatic rings. The maximum atomic E-state index is 5.26. The summed E-state index contributed by atoms with van der Waals surface area (Å²) < 4.78 is 3.59. The Morgan fingerprint density at radius 2 is 1.21 bits per heavy atom. The summed E-state index contributed by atoms with van der Waals surface area (Å²) in [7, 11) is 0. The highest BCUT2D eigenvalue weighted by molar-refractivity contribution is 7.23. The predicted molar refractivity (Wildman–Crippen MR) is 180 cm³/mol. The van der Waals surface area contributed by atoms with Gasteiger partial charge >= 0.3 is 0 Å². The van der Waals surface area contributed by atoms with Gasteiger partial charge < -0.3 is 0 Å². The first-order valence-electron chi connectivity index (χ1n) is 14.7. The van der Waals surface area contributed by atoms with Crippen molar-refractivity contribution >= 4 is 43.2 Å². The van der Waals surface area contributed by atoms with Crippen molar-refractivity contribution in [3.63, 3.8) is 0 Å². The second kappa shape index (κ2) is 8.97. The van der Waals surface area contributed by atoms with E-state index in [0.29, 0.717) is 5.95 Å². The molecule has 5 aromatic carbocycles. The molecule has 3 heterocycles. The van der Waals surface area contributed by atoms with Crippen LogP contribution in [-0.2, 0) is 5.41 Å². The minimum atomic E-state index is -0.0705. The van der Waals surface area contributed by atoms with Gasteiger partial charge in [-0.1, -0.05) is 129 Å². The minimum Gasteiger partial charge on any atom is -0.276 e. The Morgan fingerprint density at radius 3 is 1.93 bits per heavy atom. The topological polar surface area (TPSA) is 30.7 Å². The highest BCUT2D eigenvalue weighted by Crippen LogP contribution is 2.56. The average molecular weight is 570 g/mol. The molecule has 0 bridgehead atoms. The summed E-state index contributed by atoms with van der Waals surface area (Å²) in [6.07, 6.45) is 0. The van der Waals surface area contributed by atoms with Crippen LogP contribution in [0.1, 0.15) is 25.0 Å². The van der Waals surface area contributed by atoms with Crippen molar-refractivity contribution in [3.05, 3.63) is 139 Å². The molecule has 204 valence electrons. The molecule has 0 atom stereocenters. The third-order valence-corrected chi connectivity index (χ3v) is 10.3. The molecule has 3 nitrogen and oxygen atoms in total. The zero-order valence-corrected chi connectivity index (χ0v) is 24.7. The molecular weight excluding hydrogens is 543 g/mol. The second-order valence-corrected chi connectivity index (χ2v) is 12.9. The van der Waals surface area contributed by atoms with E-state index >= 15 is 0 Å². The fraction of sp³-hybridized carbons (Fsp3) is 0.0769. The summed E-state index contributed by atoms with van der Waals surface area (Å²) in [5.41, 5.74) is 10.4. The smallest absolute Gasteiger partial charge is 0.235 e. The van der Waals surface area contributed by atoms with E-state index in [1.54, 1.807) is 0 Å². The molecule has 9 rings (SSSR count). The van der Waals surface area contributed by atoms with E-state index < -0.39 is 0 Å². The number of hydrogen-bond donors (Lipinski definition) is 0. The van der Waals surface area contributed by atoms with Gasteiger partial charge in [0.15, 0.2) is 0 Å². The van der Waals surface area contributed by atoms with Crippen molar-refractivity contribution in [1.82, 2.24) is 14.5 Å². The van der Waals surface area contributed by atoms with E-state index in [1.807, 2.05) is 23.5 Å². The molecule has 0 spiro atoms. The lowest BCUT2D eigenvalue weighted by Gasteiger charge is -2.21. The lowest BCUT2D eigenvalue weighted by atomic mass is 9.81. The molecule has 1 aliphatic carbocycles. The first kappa shape index (κ1) is 24.5. The van der Waals surface area contributed by atoms with E-state index in [1.165, 1.54) is 47.9 Å². The van der Waals surface area contributed by atoms with Crippen LogP contribution in [0.15, 0.2) is 127 Å². The van der Waals surface area contributed by atoms with Crippen LogP contribution in [-0.4, -0.2) is 14.5 Å². The summed E-state index contributed by atoms with van der Waals surface area (Å²) in [6, 6.07) is 45.1. The average Bonchev–Trinajstić information content (AvgIpc) is 3.69. The number of nitrogens with zero attached hydrogens (tertiary/aromatic N) is 3. The van der Waals surface area contributed by atoms with E-state index in [4.69, 9.17) is 9.97 Å². The molecule has 0 aliphatic heterocycles.